The smallest absolute Gasteiger partial charge is 0.245 e. The molecule has 3 nitrogen and oxygen atoms in total. The van der Waals surface area contributed by atoms with E-state index in [9.17, 15) is 4.79 Å². The van der Waals surface area contributed by atoms with E-state index in [0.717, 1.165) is 27.9 Å². The van der Waals surface area contributed by atoms with E-state index in [1.54, 1.807) is 0 Å². The van der Waals surface area contributed by atoms with Gasteiger partial charge in [0.2, 0.25) is 5.91 Å². The van der Waals surface area contributed by atoms with E-state index in [1.807, 2.05) is 63.2 Å². The summed E-state index contributed by atoms with van der Waals surface area (Å²) in [5.41, 5.74) is 11.0. The number of amides is 1. The number of carbonyl (C=O) groups excluding carboxylic acids is 1. The molecule has 104 valence electrons. The number of carbonyl (C=O) groups is 1. The second kappa shape index (κ2) is 5.88. The van der Waals surface area contributed by atoms with Gasteiger partial charge >= 0.3 is 0 Å². The Morgan fingerprint density at radius 3 is 2.35 bits per heavy atom. The van der Waals surface area contributed by atoms with Crippen LogP contribution in [0.5, 0.6) is 0 Å². The van der Waals surface area contributed by atoms with E-state index in [2.05, 4.69) is 5.32 Å². The van der Waals surface area contributed by atoms with Crippen molar-refractivity contribution < 1.29 is 4.79 Å². The summed E-state index contributed by atoms with van der Waals surface area (Å²) in [6.07, 6.45) is 0. The van der Waals surface area contributed by atoms with E-state index < -0.39 is 6.04 Å². The van der Waals surface area contributed by atoms with Gasteiger partial charge in [0.15, 0.2) is 0 Å². The first kappa shape index (κ1) is 14.3. The highest BCUT2D eigenvalue weighted by atomic mass is 16.2. The van der Waals surface area contributed by atoms with Crippen molar-refractivity contribution in [3.05, 3.63) is 64.7 Å². The highest BCUT2D eigenvalue weighted by Gasteiger charge is 2.16. The van der Waals surface area contributed by atoms with Crippen molar-refractivity contribution >= 4 is 11.6 Å². The number of nitrogens with two attached hydrogens (primary N) is 1. The zero-order valence-corrected chi connectivity index (χ0v) is 12.1. The number of rotatable bonds is 3. The van der Waals surface area contributed by atoms with Gasteiger partial charge in [0, 0.05) is 5.69 Å². The van der Waals surface area contributed by atoms with Crippen molar-refractivity contribution in [3.63, 3.8) is 0 Å². The normalized spacial score (nSPS) is 12.0. The highest BCUT2D eigenvalue weighted by molar-refractivity contribution is 5.96. The fraction of sp³-hybridized carbons (Fsp3) is 0.235. The van der Waals surface area contributed by atoms with Crippen LogP contribution in [0.4, 0.5) is 5.69 Å². The van der Waals surface area contributed by atoms with Crippen molar-refractivity contribution in [3.8, 4) is 0 Å². The Balaban J connectivity index is 2.15. The molecule has 0 aliphatic heterocycles. The standard InChI is InChI=1S/C17H20N2O/c1-11-7-9-14(10-8-11)16(18)17(20)19-15-6-4-5-12(2)13(15)3/h4-10,16H,18H2,1-3H3,(H,19,20). The number of nitrogens with one attached hydrogen (secondary N) is 1. The molecule has 0 saturated heterocycles. The lowest BCUT2D eigenvalue weighted by Gasteiger charge is -2.15. The molecule has 0 radical (unpaired) electrons. The monoisotopic (exact) mass is 268 g/mol. The van der Waals surface area contributed by atoms with Crippen LogP contribution in [0, 0.1) is 20.8 Å². The fourth-order valence-corrected chi connectivity index (χ4v) is 2.02. The van der Waals surface area contributed by atoms with Gasteiger partial charge in [-0.15, -0.1) is 0 Å². The Morgan fingerprint density at radius 2 is 1.70 bits per heavy atom. The molecule has 0 aliphatic carbocycles. The SMILES string of the molecule is Cc1ccc(C(N)C(=O)Nc2cccc(C)c2C)cc1. The first-order chi connectivity index (χ1) is 9.49. The van der Waals surface area contributed by atoms with Crippen molar-refractivity contribution in [2.45, 2.75) is 26.8 Å². The van der Waals surface area contributed by atoms with Gasteiger partial charge in [-0.2, -0.15) is 0 Å². The molecule has 20 heavy (non-hydrogen) atoms. The van der Waals surface area contributed by atoms with Gasteiger partial charge in [-0.25, -0.2) is 0 Å². The summed E-state index contributed by atoms with van der Waals surface area (Å²) < 4.78 is 0. The van der Waals surface area contributed by atoms with Crippen LogP contribution >= 0.6 is 0 Å². The van der Waals surface area contributed by atoms with Crippen LogP contribution in [0.15, 0.2) is 42.5 Å². The van der Waals surface area contributed by atoms with Crippen LogP contribution < -0.4 is 11.1 Å². The molecular formula is C17H20N2O. The van der Waals surface area contributed by atoms with E-state index in [4.69, 9.17) is 5.73 Å². The third-order valence-electron chi connectivity index (χ3n) is 3.58. The number of hydrogen-bond acceptors (Lipinski definition) is 2. The van der Waals surface area contributed by atoms with Crippen LogP contribution in [0.25, 0.3) is 0 Å². The number of hydrogen-bond donors (Lipinski definition) is 2. The fourth-order valence-electron chi connectivity index (χ4n) is 2.02. The zero-order valence-electron chi connectivity index (χ0n) is 12.1. The molecule has 1 unspecified atom stereocenters. The molecule has 0 bridgehead atoms. The van der Waals surface area contributed by atoms with Gasteiger partial charge in [-0.3, -0.25) is 4.79 Å². The van der Waals surface area contributed by atoms with E-state index in [1.165, 1.54) is 0 Å². The molecule has 2 aromatic rings. The summed E-state index contributed by atoms with van der Waals surface area (Å²) in [7, 11) is 0. The van der Waals surface area contributed by atoms with Crippen LogP contribution in [-0.4, -0.2) is 5.91 Å². The molecule has 1 amide bonds. The molecule has 1 atom stereocenters. The maximum absolute atomic E-state index is 12.2. The first-order valence-electron chi connectivity index (χ1n) is 6.68. The Labute approximate surface area is 119 Å². The minimum atomic E-state index is -0.657. The highest BCUT2D eigenvalue weighted by Crippen LogP contribution is 2.20. The molecule has 2 aromatic carbocycles. The number of anilines is 1. The van der Waals surface area contributed by atoms with E-state index in [-0.39, 0.29) is 5.91 Å². The van der Waals surface area contributed by atoms with Crippen molar-refractivity contribution in [1.82, 2.24) is 0 Å². The van der Waals surface area contributed by atoms with Crippen LogP contribution in [0.3, 0.4) is 0 Å². The van der Waals surface area contributed by atoms with Gasteiger partial charge in [-0.1, -0.05) is 42.0 Å². The third-order valence-corrected chi connectivity index (χ3v) is 3.58. The van der Waals surface area contributed by atoms with Gasteiger partial charge < -0.3 is 11.1 Å². The molecule has 0 heterocycles. The van der Waals surface area contributed by atoms with Crippen molar-refractivity contribution in [2.75, 3.05) is 5.32 Å². The molecule has 3 N–H and O–H groups in total. The van der Waals surface area contributed by atoms with Gasteiger partial charge in [0.25, 0.3) is 0 Å². The average Bonchev–Trinajstić information content (AvgIpc) is 2.44. The largest absolute Gasteiger partial charge is 0.324 e. The third kappa shape index (κ3) is 3.06. The van der Waals surface area contributed by atoms with Crippen molar-refractivity contribution in [2.24, 2.45) is 5.73 Å². The minimum Gasteiger partial charge on any atom is -0.324 e. The first-order valence-corrected chi connectivity index (χ1v) is 6.68. The number of aryl methyl sites for hydroxylation is 2. The molecule has 0 aliphatic rings. The molecular weight excluding hydrogens is 248 g/mol. The maximum atomic E-state index is 12.2. The Hall–Kier alpha value is -2.13. The average molecular weight is 268 g/mol. The summed E-state index contributed by atoms with van der Waals surface area (Å²) >= 11 is 0. The van der Waals surface area contributed by atoms with Crippen molar-refractivity contribution in [1.29, 1.82) is 0 Å². The predicted octanol–water partition coefficient (Wildman–Crippen LogP) is 3.25. The predicted molar refractivity (Wildman–Crippen MR) is 82.7 cm³/mol. The summed E-state index contributed by atoms with van der Waals surface area (Å²) in [4.78, 5) is 12.2. The lowest BCUT2D eigenvalue weighted by atomic mass is 10.0. The van der Waals surface area contributed by atoms with Gasteiger partial charge in [0.05, 0.1) is 0 Å². The van der Waals surface area contributed by atoms with E-state index in [0.29, 0.717) is 0 Å². The molecule has 2 rings (SSSR count). The molecule has 0 spiro atoms. The molecule has 3 heteroatoms. The second-order valence-electron chi connectivity index (χ2n) is 5.13. The van der Waals surface area contributed by atoms with Crippen LogP contribution in [-0.2, 0) is 4.79 Å². The summed E-state index contributed by atoms with van der Waals surface area (Å²) in [5, 5.41) is 2.90. The Bertz CT molecular complexity index is 617. The molecule has 0 fully saturated rings. The van der Waals surface area contributed by atoms with Crippen LogP contribution in [0.1, 0.15) is 28.3 Å². The quantitative estimate of drug-likeness (QED) is 0.897. The maximum Gasteiger partial charge on any atom is 0.245 e. The molecule has 0 aromatic heterocycles. The van der Waals surface area contributed by atoms with Crippen LogP contribution in [0.2, 0.25) is 0 Å². The topological polar surface area (TPSA) is 55.1 Å². The van der Waals surface area contributed by atoms with E-state index >= 15 is 0 Å². The second-order valence-corrected chi connectivity index (χ2v) is 5.13. The Kier molecular flexibility index (Phi) is 4.20. The van der Waals surface area contributed by atoms with Gasteiger partial charge in [0.1, 0.15) is 6.04 Å². The summed E-state index contributed by atoms with van der Waals surface area (Å²) in [6, 6.07) is 12.9. The molecule has 0 saturated carbocycles. The summed E-state index contributed by atoms with van der Waals surface area (Å²) in [5.74, 6) is -0.192. The zero-order chi connectivity index (χ0) is 14.7. The lowest BCUT2D eigenvalue weighted by Crippen LogP contribution is -2.28. The number of benzene rings is 2. The van der Waals surface area contributed by atoms with Gasteiger partial charge in [-0.05, 0) is 43.5 Å². The summed E-state index contributed by atoms with van der Waals surface area (Å²) in [6.45, 7) is 6.01. The lowest BCUT2D eigenvalue weighted by molar-refractivity contribution is -0.117. The Morgan fingerprint density at radius 1 is 1.05 bits per heavy atom. The minimum absolute atomic E-state index is 0.192.